The number of hydrogen-bond acceptors (Lipinski definition) is 4. The Hall–Kier alpha value is -0.870. The Morgan fingerprint density at radius 1 is 1.22 bits per heavy atom. The fraction of sp³-hybridized carbons (Fsp3) is 0.692. The van der Waals surface area contributed by atoms with Gasteiger partial charge in [-0.3, -0.25) is 4.79 Å². The first-order valence-electron chi connectivity index (χ1n) is 6.07. The van der Waals surface area contributed by atoms with Gasteiger partial charge in [0.2, 0.25) is 0 Å². The summed E-state index contributed by atoms with van der Waals surface area (Å²) in [7, 11) is 0. The zero-order valence-corrected chi connectivity index (χ0v) is 12.1. The van der Waals surface area contributed by atoms with Crippen molar-refractivity contribution in [3.63, 3.8) is 0 Å². The quantitative estimate of drug-likeness (QED) is 0.726. The molecule has 0 spiro atoms. The minimum absolute atomic E-state index is 0.105. The number of Topliss-reactive ketones (excluding diaryl/α,β-unsaturated/α-hetero) is 1. The van der Waals surface area contributed by atoms with Crippen LogP contribution >= 0.6 is 11.6 Å². The monoisotopic (exact) mass is 273 g/mol. The molecule has 0 bridgehead atoms. The van der Waals surface area contributed by atoms with E-state index >= 15 is 0 Å². The zero-order valence-electron chi connectivity index (χ0n) is 11.4. The SMILES string of the molecule is CC(=O)C(Cl)=C1CCN(OC(=O)C(C)(C)C)CC1. The molecule has 0 aromatic carbocycles. The summed E-state index contributed by atoms with van der Waals surface area (Å²) in [5, 5.41) is 1.97. The first kappa shape index (κ1) is 15.2. The highest BCUT2D eigenvalue weighted by Crippen LogP contribution is 2.24. The third-order valence-electron chi connectivity index (χ3n) is 2.77. The van der Waals surface area contributed by atoms with E-state index in [9.17, 15) is 9.59 Å². The van der Waals surface area contributed by atoms with E-state index in [0.717, 1.165) is 5.57 Å². The molecule has 0 N–H and O–H groups in total. The molecule has 102 valence electrons. The minimum Gasteiger partial charge on any atom is -0.367 e. The van der Waals surface area contributed by atoms with Crippen LogP contribution in [0.2, 0.25) is 0 Å². The predicted molar refractivity (Wildman–Crippen MR) is 69.9 cm³/mol. The highest BCUT2D eigenvalue weighted by atomic mass is 35.5. The second-order valence-electron chi connectivity index (χ2n) is 5.53. The molecule has 1 aliphatic rings. The van der Waals surface area contributed by atoms with E-state index in [1.54, 1.807) is 5.06 Å². The van der Waals surface area contributed by atoms with Crippen molar-refractivity contribution in [3.8, 4) is 0 Å². The van der Waals surface area contributed by atoms with Crippen molar-refractivity contribution in [2.24, 2.45) is 5.41 Å². The Morgan fingerprint density at radius 3 is 2.11 bits per heavy atom. The number of hydrogen-bond donors (Lipinski definition) is 0. The minimum atomic E-state index is -0.507. The largest absolute Gasteiger partial charge is 0.367 e. The second kappa shape index (κ2) is 5.85. The van der Waals surface area contributed by atoms with Gasteiger partial charge in [0.25, 0.3) is 0 Å². The number of carbonyl (C=O) groups excluding carboxylic acids is 2. The van der Waals surface area contributed by atoms with E-state index in [0.29, 0.717) is 31.0 Å². The molecule has 0 saturated carbocycles. The average molecular weight is 274 g/mol. The van der Waals surface area contributed by atoms with Gasteiger partial charge in [-0.05, 0) is 39.2 Å². The summed E-state index contributed by atoms with van der Waals surface area (Å²) in [5.74, 6) is -0.348. The molecular formula is C13H20ClNO3. The Kier molecular flexibility index (Phi) is 4.93. The van der Waals surface area contributed by atoms with Gasteiger partial charge >= 0.3 is 5.97 Å². The molecule has 18 heavy (non-hydrogen) atoms. The smallest absolute Gasteiger partial charge is 0.330 e. The van der Waals surface area contributed by atoms with Crippen molar-refractivity contribution in [2.75, 3.05) is 13.1 Å². The number of halogens is 1. The van der Waals surface area contributed by atoms with Crippen LogP contribution in [0.5, 0.6) is 0 Å². The number of ketones is 1. The lowest BCUT2D eigenvalue weighted by molar-refractivity contribution is -0.202. The van der Waals surface area contributed by atoms with Gasteiger partial charge in [0.1, 0.15) is 0 Å². The molecule has 0 aliphatic carbocycles. The third-order valence-corrected chi connectivity index (χ3v) is 3.30. The summed E-state index contributed by atoms with van der Waals surface area (Å²) in [6.07, 6.45) is 1.33. The van der Waals surface area contributed by atoms with Crippen molar-refractivity contribution in [1.29, 1.82) is 0 Å². The summed E-state index contributed by atoms with van der Waals surface area (Å²) in [5.41, 5.74) is 0.444. The molecule has 1 rings (SSSR count). The van der Waals surface area contributed by atoms with E-state index in [2.05, 4.69) is 0 Å². The normalized spacial score (nSPS) is 17.5. The first-order valence-corrected chi connectivity index (χ1v) is 6.45. The maximum atomic E-state index is 11.7. The van der Waals surface area contributed by atoms with Crippen molar-refractivity contribution in [2.45, 2.75) is 40.5 Å². The standard InChI is InChI=1S/C13H20ClNO3/c1-9(16)11(14)10-5-7-15(8-6-10)18-12(17)13(2,3)4/h5-8H2,1-4H3. The van der Waals surface area contributed by atoms with E-state index in [4.69, 9.17) is 16.4 Å². The predicted octanol–water partition coefficient (Wildman–Crippen LogP) is 2.67. The maximum absolute atomic E-state index is 11.7. The molecule has 0 aromatic rings. The van der Waals surface area contributed by atoms with E-state index in [-0.39, 0.29) is 11.8 Å². The van der Waals surface area contributed by atoms with Gasteiger partial charge in [0.05, 0.1) is 10.4 Å². The number of allylic oxidation sites excluding steroid dienone is 1. The van der Waals surface area contributed by atoms with Gasteiger partial charge in [0, 0.05) is 20.0 Å². The highest BCUT2D eigenvalue weighted by Gasteiger charge is 2.27. The molecule has 1 heterocycles. The van der Waals surface area contributed by atoms with E-state index in [1.165, 1.54) is 6.92 Å². The fourth-order valence-electron chi connectivity index (χ4n) is 1.57. The van der Waals surface area contributed by atoms with Crippen LogP contribution in [0, 0.1) is 5.41 Å². The van der Waals surface area contributed by atoms with Gasteiger partial charge < -0.3 is 4.84 Å². The van der Waals surface area contributed by atoms with Gasteiger partial charge in [0.15, 0.2) is 5.78 Å². The number of rotatable bonds is 2. The number of piperidine rings is 1. The lowest BCUT2D eigenvalue weighted by Gasteiger charge is -2.29. The number of hydroxylamine groups is 2. The average Bonchev–Trinajstić information content (AvgIpc) is 2.27. The number of carbonyl (C=O) groups is 2. The first-order chi connectivity index (χ1) is 8.21. The van der Waals surface area contributed by atoms with Crippen LogP contribution in [0.15, 0.2) is 10.6 Å². The summed E-state index contributed by atoms with van der Waals surface area (Å²) in [6, 6.07) is 0. The lowest BCUT2D eigenvalue weighted by Crippen LogP contribution is -2.37. The summed E-state index contributed by atoms with van der Waals surface area (Å²) in [6.45, 7) is 8.08. The molecule has 0 aromatic heterocycles. The summed E-state index contributed by atoms with van der Waals surface area (Å²) in [4.78, 5) is 28.1. The van der Waals surface area contributed by atoms with E-state index in [1.807, 2.05) is 20.8 Å². The van der Waals surface area contributed by atoms with Crippen LogP contribution in [0.25, 0.3) is 0 Å². The number of nitrogens with zero attached hydrogens (tertiary/aromatic N) is 1. The lowest BCUT2D eigenvalue weighted by atomic mass is 9.97. The molecule has 5 heteroatoms. The Morgan fingerprint density at radius 2 is 1.72 bits per heavy atom. The van der Waals surface area contributed by atoms with E-state index < -0.39 is 5.41 Å². The molecule has 4 nitrogen and oxygen atoms in total. The van der Waals surface area contributed by atoms with Gasteiger partial charge in [-0.15, -0.1) is 5.06 Å². The van der Waals surface area contributed by atoms with Gasteiger partial charge in [-0.25, -0.2) is 4.79 Å². The molecule has 1 fully saturated rings. The summed E-state index contributed by atoms with van der Waals surface area (Å²) >= 11 is 5.92. The van der Waals surface area contributed by atoms with Gasteiger partial charge in [-0.2, -0.15) is 0 Å². The molecule has 0 amide bonds. The molecule has 0 unspecified atom stereocenters. The van der Waals surface area contributed by atoms with Crippen molar-refractivity contribution in [1.82, 2.24) is 5.06 Å². The molecular weight excluding hydrogens is 254 g/mol. The molecule has 0 radical (unpaired) electrons. The Bertz CT molecular complexity index is 372. The Labute approximate surface area is 113 Å². The zero-order chi connectivity index (χ0) is 13.9. The second-order valence-corrected chi connectivity index (χ2v) is 5.91. The topological polar surface area (TPSA) is 46.6 Å². The van der Waals surface area contributed by atoms with Crippen LogP contribution in [-0.2, 0) is 14.4 Å². The van der Waals surface area contributed by atoms with Crippen LogP contribution in [0.3, 0.4) is 0 Å². The maximum Gasteiger partial charge on any atom is 0.330 e. The van der Waals surface area contributed by atoms with Crippen molar-refractivity contribution in [3.05, 3.63) is 10.6 Å². The molecule has 0 atom stereocenters. The van der Waals surface area contributed by atoms with Crippen LogP contribution in [0.4, 0.5) is 0 Å². The third kappa shape index (κ3) is 4.10. The Balaban J connectivity index is 2.53. The van der Waals surface area contributed by atoms with Crippen LogP contribution < -0.4 is 0 Å². The van der Waals surface area contributed by atoms with Gasteiger partial charge in [-0.1, -0.05) is 11.6 Å². The fourth-order valence-corrected chi connectivity index (χ4v) is 1.76. The molecule has 1 saturated heterocycles. The van der Waals surface area contributed by atoms with Crippen LogP contribution in [-0.4, -0.2) is 29.9 Å². The highest BCUT2D eigenvalue weighted by molar-refractivity contribution is 6.42. The summed E-state index contributed by atoms with van der Waals surface area (Å²) < 4.78 is 0. The molecule has 1 aliphatic heterocycles. The van der Waals surface area contributed by atoms with Crippen molar-refractivity contribution >= 4 is 23.4 Å². The van der Waals surface area contributed by atoms with Crippen molar-refractivity contribution < 1.29 is 14.4 Å². The van der Waals surface area contributed by atoms with Crippen LogP contribution in [0.1, 0.15) is 40.5 Å².